The van der Waals surface area contributed by atoms with Crippen molar-refractivity contribution in [2.75, 3.05) is 44.4 Å². The molecule has 9 nitrogen and oxygen atoms in total. The monoisotopic (exact) mass is 484 g/mol. The van der Waals surface area contributed by atoms with Crippen LogP contribution in [0.15, 0.2) is 73.0 Å². The van der Waals surface area contributed by atoms with Crippen molar-refractivity contribution in [1.29, 1.82) is 0 Å². The van der Waals surface area contributed by atoms with E-state index >= 15 is 0 Å². The van der Waals surface area contributed by atoms with Crippen molar-refractivity contribution in [2.24, 2.45) is 15.0 Å². The lowest BCUT2D eigenvalue weighted by atomic mass is 10.3. The average Bonchev–Trinajstić information content (AvgIpc) is 3.52. The Kier molecular flexibility index (Phi) is 7.82. The Bertz CT molecular complexity index is 1100. The van der Waals surface area contributed by atoms with E-state index in [2.05, 4.69) is 49.1 Å². The minimum absolute atomic E-state index is 0.321. The molecule has 0 radical (unpaired) electrons. The van der Waals surface area contributed by atoms with Crippen LogP contribution in [0.4, 0.5) is 5.82 Å². The summed E-state index contributed by atoms with van der Waals surface area (Å²) in [6, 6.07) is 13.2. The van der Waals surface area contributed by atoms with Gasteiger partial charge in [0.15, 0.2) is 11.6 Å². The molecule has 11 heteroatoms. The number of piperazine rings is 1. The number of hydrogen-bond acceptors (Lipinski definition) is 5. The third kappa shape index (κ3) is 6.47. The second kappa shape index (κ2) is 11.2. The molecule has 0 spiro atoms. The summed E-state index contributed by atoms with van der Waals surface area (Å²) in [6.07, 6.45) is 1.61. The number of benzene rings is 1. The summed E-state index contributed by atoms with van der Waals surface area (Å²) in [5, 5.41) is 11.0. The molecule has 0 amide bonds. The smallest absolute Gasteiger partial charge is 0.231 e. The van der Waals surface area contributed by atoms with Crippen LogP contribution in [0.1, 0.15) is 0 Å². The molecular formula is C22H25ClN8OS. The summed E-state index contributed by atoms with van der Waals surface area (Å²) >= 11 is 7.59. The number of halogens is 1. The Morgan fingerprint density at radius 3 is 2.73 bits per heavy atom. The quantitative estimate of drug-likeness (QED) is 0.321. The van der Waals surface area contributed by atoms with E-state index in [0.717, 1.165) is 36.8 Å². The summed E-state index contributed by atoms with van der Waals surface area (Å²) in [5.41, 5.74) is 0.748. The van der Waals surface area contributed by atoms with Crippen molar-refractivity contribution in [1.82, 2.24) is 20.0 Å². The SMILES string of the molecule is C=N/C(=N\C(=N/CSc1ccc(Cl)cc1)N1CCN(C)CC1)Nc1cc(-c2ccco2)[nH]n1. The van der Waals surface area contributed by atoms with Crippen LogP contribution in [0.3, 0.4) is 0 Å². The zero-order valence-corrected chi connectivity index (χ0v) is 19.8. The van der Waals surface area contributed by atoms with Gasteiger partial charge in [0, 0.05) is 42.2 Å². The fraction of sp³-hybridized carbons (Fsp3) is 0.273. The Morgan fingerprint density at radius 2 is 2.03 bits per heavy atom. The van der Waals surface area contributed by atoms with Crippen LogP contribution in [-0.2, 0) is 0 Å². The van der Waals surface area contributed by atoms with E-state index in [1.54, 1.807) is 18.0 Å². The van der Waals surface area contributed by atoms with E-state index in [0.29, 0.717) is 34.4 Å². The molecule has 0 aliphatic carbocycles. The predicted molar refractivity (Wildman–Crippen MR) is 136 cm³/mol. The van der Waals surface area contributed by atoms with Crippen LogP contribution >= 0.6 is 23.4 Å². The number of hydrogen-bond donors (Lipinski definition) is 2. The second-order valence-corrected chi connectivity index (χ2v) is 8.79. The molecule has 33 heavy (non-hydrogen) atoms. The number of aliphatic imine (C=N–C) groups is 3. The van der Waals surface area contributed by atoms with E-state index in [1.807, 2.05) is 42.5 Å². The van der Waals surface area contributed by atoms with Gasteiger partial charge in [0.2, 0.25) is 11.9 Å². The number of aromatic amines is 1. The number of anilines is 1. The van der Waals surface area contributed by atoms with Crippen LogP contribution in [0.2, 0.25) is 5.02 Å². The van der Waals surface area contributed by atoms with Crippen molar-refractivity contribution in [2.45, 2.75) is 4.90 Å². The molecule has 0 saturated carbocycles. The number of rotatable bonds is 5. The van der Waals surface area contributed by atoms with Gasteiger partial charge in [-0.3, -0.25) is 5.10 Å². The summed E-state index contributed by atoms with van der Waals surface area (Å²) < 4.78 is 5.40. The van der Waals surface area contributed by atoms with Crippen molar-refractivity contribution >= 4 is 47.8 Å². The number of likely N-dealkylation sites (N-methyl/N-ethyl adjacent to an activating group) is 1. The van der Waals surface area contributed by atoms with E-state index in [-0.39, 0.29) is 0 Å². The Balaban J connectivity index is 1.50. The number of nitrogens with zero attached hydrogens (tertiary/aromatic N) is 6. The van der Waals surface area contributed by atoms with E-state index in [4.69, 9.17) is 21.0 Å². The number of H-pyrrole nitrogens is 1. The third-order valence-electron chi connectivity index (χ3n) is 5.00. The normalized spacial score (nSPS) is 15.6. The molecule has 3 aromatic rings. The lowest BCUT2D eigenvalue weighted by Gasteiger charge is -2.33. The topological polar surface area (TPSA) is 97.4 Å². The van der Waals surface area contributed by atoms with Crippen molar-refractivity contribution in [3.8, 4) is 11.5 Å². The van der Waals surface area contributed by atoms with E-state index in [1.165, 1.54) is 0 Å². The van der Waals surface area contributed by atoms with Crippen molar-refractivity contribution in [3.05, 3.63) is 53.8 Å². The molecule has 2 aromatic heterocycles. The molecule has 0 unspecified atom stereocenters. The third-order valence-corrected chi connectivity index (χ3v) is 6.11. The molecule has 1 aliphatic heterocycles. The maximum atomic E-state index is 5.98. The first kappa shape index (κ1) is 23.1. The molecule has 0 atom stereocenters. The number of guanidine groups is 2. The first-order chi connectivity index (χ1) is 16.1. The zero-order valence-electron chi connectivity index (χ0n) is 18.2. The van der Waals surface area contributed by atoms with Gasteiger partial charge in [-0.25, -0.2) is 9.98 Å². The first-order valence-electron chi connectivity index (χ1n) is 10.4. The van der Waals surface area contributed by atoms with Crippen LogP contribution in [0.5, 0.6) is 0 Å². The van der Waals surface area contributed by atoms with Crippen LogP contribution in [-0.4, -0.2) is 77.7 Å². The highest BCUT2D eigenvalue weighted by atomic mass is 35.5. The van der Waals surface area contributed by atoms with Gasteiger partial charge in [-0.2, -0.15) is 10.1 Å². The van der Waals surface area contributed by atoms with Gasteiger partial charge < -0.3 is 19.5 Å². The minimum Gasteiger partial charge on any atom is -0.463 e. The van der Waals surface area contributed by atoms with Gasteiger partial charge in [-0.05, 0) is 50.2 Å². The van der Waals surface area contributed by atoms with Gasteiger partial charge in [0.25, 0.3) is 0 Å². The maximum absolute atomic E-state index is 5.98. The number of furan rings is 1. The van der Waals surface area contributed by atoms with Gasteiger partial charge in [-0.1, -0.05) is 11.6 Å². The highest BCUT2D eigenvalue weighted by Gasteiger charge is 2.18. The first-order valence-corrected chi connectivity index (χ1v) is 11.7. The van der Waals surface area contributed by atoms with Crippen LogP contribution < -0.4 is 5.32 Å². The zero-order chi connectivity index (χ0) is 23.0. The largest absolute Gasteiger partial charge is 0.463 e. The highest BCUT2D eigenvalue weighted by molar-refractivity contribution is 7.99. The summed E-state index contributed by atoms with van der Waals surface area (Å²) in [7, 11) is 2.11. The minimum atomic E-state index is 0.321. The fourth-order valence-corrected chi connectivity index (χ4v) is 3.95. The molecule has 3 heterocycles. The second-order valence-electron chi connectivity index (χ2n) is 7.34. The van der Waals surface area contributed by atoms with Gasteiger partial charge in [-0.15, -0.1) is 11.8 Å². The highest BCUT2D eigenvalue weighted by Crippen LogP contribution is 2.21. The van der Waals surface area contributed by atoms with Crippen LogP contribution in [0.25, 0.3) is 11.5 Å². The molecular weight excluding hydrogens is 460 g/mol. The van der Waals surface area contributed by atoms with Gasteiger partial charge in [0.1, 0.15) is 5.69 Å². The summed E-state index contributed by atoms with van der Waals surface area (Å²) in [5.74, 6) is 2.70. The lowest BCUT2D eigenvalue weighted by Crippen LogP contribution is -2.47. The Hall–Kier alpha value is -3.08. The molecule has 1 aliphatic rings. The van der Waals surface area contributed by atoms with Gasteiger partial charge >= 0.3 is 0 Å². The summed E-state index contributed by atoms with van der Waals surface area (Å²) in [4.78, 5) is 19.0. The van der Waals surface area contributed by atoms with Crippen LogP contribution in [0, 0.1) is 0 Å². The molecule has 2 N–H and O–H groups in total. The summed E-state index contributed by atoms with van der Waals surface area (Å²) in [6.45, 7) is 7.21. The van der Waals surface area contributed by atoms with E-state index in [9.17, 15) is 0 Å². The fourth-order valence-electron chi connectivity index (χ4n) is 3.16. The van der Waals surface area contributed by atoms with Crippen molar-refractivity contribution in [3.63, 3.8) is 0 Å². The average molecular weight is 485 g/mol. The number of thioether (sulfide) groups is 1. The van der Waals surface area contributed by atoms with Crippen molar-refractivity contribution < 1.29 is 4.42 Å². The Morgan fingerprint density at radius 1 is 1.24 bits per heavy atom. The molecule has 172 valence electrons. The predicted octanol–water partition coefficient (Wildman–Crippen LogP) is 4.14. The molecule has 1 saturated heterocycles. The number of nitrogens with one attached hydrogen (secondary N) is 2. The standard InChI is InChI=1S/C22H25ClN8OS/c1-24-21(26-20-14-18(28-29-20)19-4-3-13-32-19)27-22(31-11-9-30(2)10-12-31)25-15-33-17-7-5-16(23)6-8-17/h3-8,13-14H,1,9-12,15H2,2H3,(H2,25,26,27,28,29). The number of aromatic nitrogens is 2. The lowest BCUT2D eigenvalue weighted by molar-refractivity contribution is 0.214. The van der Waals surface area contributed by atoms with Gasteiger partial charge in [0.05, 0.1) is 12.1 Å². The maximum Gasteiger partial charge on any atom is 0.231 e. The molecule has 1 aromatic carbocycles. The molecule has 0 bridgehead atoms. The van der Waals surface area contributed by atoms with E-state index < -0.39 is 0 Å². The Labute approximate surface area is 201 Å². The molecule has 4 rings (SSSR count). The molecule has 1 fully saturated rings.